The van der Waals surface area contributed by atoms with Gasteiger partial charge in [-0.3, -0.25) is 9.69 Å². The highest BCUT2D eigenvalue weighted by atomic mass is 16.2. The molecule has 0 aromatic heterocycles. The molecule has 0 radical (unpaired) electrons. The lowest BCUT2D eigenvalue weighted by atomic mass is 9.93. The molecule has 3 aliphatic rings. The van der Waals surface area contributed by atoms with Gasteiger partial charge < -0.3 is 15.5 Å². The number of carbonyl (C=O) groups excluding carboxylic acids is 2. The Bertz CT molecular complexity index is 1260. The highest BCUT2D eigenvalue weighted by molar-refractivity contribution is 5.96. The zero-order valence-corrected chi connectivity index (χ0v) is 17.6. The predicted octanol–water partition coefficient (Wildman–Crippen LogP) is 0.941. The highest BCUT2D eigenvalue weighted by Gasteiger charge is 2.21. The summed E-state index contributed by atoms with van der Waals surface area (Å²) in [4.78, 5) is 28.1. The molecule has 0 atom stereocenters. The van der Waals surface area contributed by atoms with Gasteiger partial charge in [-0.15, -0.1) is 0 Å². The smallest absolute Gasteiger partial charge is 0.319 e. The fourth-order valence-corrected chi connectivity index (χ4v) is 4.54. The van der Waals surface area contributed by atoms with Gasteiger partial charge in [0.2, 0.25) is 5.91 Å². The van der Waals surface area contributed by atoms with E-state index in [1.807, 2.05) is 18.0 Å². The quantitative estimate of drug-likeness (QED) is 0.783. The first kappa shape index (κ1) is 19.6. The zero-order valence-electron chi connectivity index (χ0n) is 17.6. The number of hydrogen-bond donors (Lipinski definition) is 2. The molecule has 5 rings (SSSR count). The van der Waals surface area contributed by atoms with E-state index in [4.69, 9.17) is 0 Å². The van der Waals surface area contributed by atoms with Crippen molar-refractivity contribution in [2.75, 3.05) is 39.8 Å². The van der Waals surface area contributed by atoms with E-state index in [0.29, 0.717) is 26.2 Å². The standard InChI is InChI=1S/C25H26N4O2/c1-28-13-14-29(24(30)16-28)12-11-26-25(31)27-19-7-10-21-18(15-19)6-9-22-20-4-2-3-17(20)5-8-23(21)22/h2-9,15H,10-14,16H2,1H3,(H2,26,27,31). The van der Waals surface area contributed by atoms with E-state index in [1.165, 1.54) is 27.1 Å². The van der Waals surface area contributed by atoms with Crippen molar-refractivity contribution in [1.29, 1.82) is 0 Å². The molecule has 2 aromatic carbocycles. The summed E-state index contributed by atoms with van der Waals surface area (Å²) in [6.07, 6.45) is 11.3. The van der Waals surface area contributed by atoms with E-state index < -0.39 is 0 Å². The second-order valence-corrected chi connectivity index (χ2v) is 8.33. The fraction of sp³-hybridized carbons (Fsp3) is 0.280. The van der Waals surface area contributed by atoms with Gasteiger partial charge in [-0.05, 0) is 51.9 Å². The average Bonchev–Trinajstić information content (AvgIpc) is 3.24. The molecule has 0 unspecified atom stereocenters. The Morgan fingerprint density at radius 2 is 1.94 bits per heavy atom. The molecule has 6 heteroatoms. The van der Waals surface area contributed by atoms with Crippen LogP contribution in [0.2, 0.25) is 0 Å². The van der Waals surface area contributed by atoms with Crippen molar-refractivity contribution in [2.45, 2.75) is 6.42 Å². The number of likely N-dealkylation sites (N-methyl/N-ethyl adjacent to an activating group) is 1. The molecule has 3 amide bonds. The van der Waals surface area contributed by atoms with E-state index in [1.54, 1.807) is 4.90 Å². The Labute approximate surface area is 181 Å². The fourth-order valence-electron chi connectivity index (χ4n) is 4.54. The molecule has 1 fully saturated rings. The topological polar surface area (TPSA) is 64.7 Å². The first-order valence-corrected chi connectivity index (χ1v) is 10.7. The molecule has 1 saturated heterocycles. The van der Waals surface area contributed by atoms with Crippen LogP contribution >= 0.6 is 0 Å². The number of benzene rings is 2. The molecule has 1 aliphatic heterocycles. The minimum absolute atomic E-state index is 0.113. The van der Waals surface area contributed by atoms with Gasteiger partial charge in [0.05, 0.1) is 6.54 Å². The Balaban J connectivity index is 1.23. The second-order valence-electron chi connectivity index (χ2n) is 8.33. The maximum absolute atomic E-state index is 12.3. The van der Waals surface area contributed by atoms with Crippen molar-refractivity contribution in [3.63, 3.8) is 0 Å². The van der Waals surface area contributed by atoms with Crippen LogP contribution in [0.25, 0.3) is 29.0 Å². The van der Waals surface area contributed by atoms with Crippen molar-refractivity contribution < 1.29 is 9.59 Å². The highest BCUT2D eigenvalue weighted by Crippen LogP contribution is 2.22. The Morgan fingerprint density at radius 1 is 1.10 bits per heavy atom. The van der Waals surface area contributed by atoms with Gasteiger partial charge in [0.25, 0.3) is 0 Å². The summed E-state index contributed by atoms with van der Waals surface area (Å²) in [6, 6.07) is 8.43. The third-order valence-electron chi connectivity index (χ3n) is 6.23. The van der Waals surface area contributed by atoms with Crippen LogP contribution < -0.4 is 21.1 Å². The van der Waals surface area contributed by atoms with Gasteiger partial charge in [0.15, 0.2) is 0 Å². The van der Waals surface area contributed by atoms with E-state index >= 15 is 0 Å². The second kappa shape index (κ2) is 8.04. The van der Waals surface area contributed by atoms with Gasteiger partial charge in [-0.1, -0.05) is 48.6 Å². The van der Waals surface area contributed by atoms with Crippen LogP contribution in [0.1, 0.15) is 11.1 Å². The Kier molecular flexibility index (Phi) is 5.08. The van der Waals surface area contributed by atoms with Crippen molar-refractivity contribution >= 4 is 40.9 Å². The van der Waals surface area contributed by atoms with Crippen LogP contribution in [-0.4, -0.2) is 61.5 Å². The van der Waals surface area contributed by atoms with Crippen LogP contribution in [0.15, 0.2) is 42.1 Å². The lowest BCUT2D eigenvalue weighted by Crippen LogP contribution is -2.51. The summed E-state index contributed by atoms with van der Waals surface area (Å²) in [6.45, 7) is 2.99. The van der Waals surface area contributed by atoms with Crippen molar-refractivity contribution in [2.24, 2.45) is 0 Å². The number of hydrogen-bond acceptors (Lipinski definition) is 3. The van der Waals surface area contributed by atoms with Crippen LogP contribution in [0.5, 0.6) is 0 Å². The first-order valence-electron chi connectivity index (χ1n) is 10.7. The van der Waals surface area contributed by atoms with Crippen LogP contribution in [-0.2, 0) is 11.2 Å². The monoisotopic (exact) mass is 414 g/mol. The molecule has 31 heavy (non-hydrogen) atoms. The lowest BCUT2D eigenvalue weighted by molar-refractivity contribution is -0.135. The van der Waals surface area contributed by atoms with E-state index in [9.17, 15) is 9.59 Å². The van der Waals surface area contributed by atoms with E-state index in [0.717, 1.165) is 23.9 Å². The third-order valence-corrected chi connectivity index (χ3v) is 6.23. The summed E-state index contributed by atoms with van der Waals surface area (Å²) in [7, 11) is 1.94. The zero-order chi connectivity index (χ0) is 21.4. The summed E-state index contributed by atoms with van der Waals surface area (Å²) in [5.74, 6) is 0.113. The lowest BCUT2D eigenvalue weighted by Gasteiger charge is -2.32. The molecule has 0 spiro atoms. The molecular weight excluding hydrogens is 388 g/mol. The van der Waals surface area contributed by atoms with Crippen molar-refractivity contribution in [3.05, 3.63) is 63.7 Å². The molecular formula is C25H26N4O2. The Hall–Kier alpha value is -3.38. The predicted molar refractivity (Wildman–Crippen MR) is 124 cm³/mol. The minimum Gasteiger partial charge on any atom is -0.339 e. The largest absolute Gasteiger partial charge is 0.339 e. The molecule has 2 aromatic rings. The van der Waals surface area contributed by atoms with Gasteiger partial charge in [0, 0.05) is 31.9 Å². The number of amides is 3. The minimum atomic E-state index is -0.244. The number of piperazine rings is 1. The van der Waals surface area contributed by atoms with Crippen molar-refractivity contribution in [1.82, 2.24) is 20.4 Å². The number of nitrogens with one attached hydrogen (secondary N) is 2. The maximum Gasteiger partial charge on any atom is 0.319 e. The number of carbonyl (C=O) groups is 2. The molecule has 6 nitrogen and oxygen atoms in total. The van der Waals surface area contributed by atoms with Crippen LogP contribution in [0.4, 0.5) is 4.79 Å². The first-order chi connectivity index (χ1) is 15.1. The number of fused-ring (bicyclic) bond motifs is 5. The van der Waals surface area contributed by atoms with Gasteiger partial charge >= 0.3 is 6.03 Å². The van der Waals surface area contributed by atoms with Gasteiger partial charge in [-0.25, -0.2) is 4.79 Å². The molecule has 2 aliphatic carbocycles. The molecule has 0 bridgehead atoms. The molecule has 158 valence electrons. The van der Waals surface area contributed by atoms with Crippen molar-refractivity contribution in [3.8, 4) is 0 Å². The van der Waals surface area contributed by atoms with E-state index in [-0.39, 0.29) is 11.9 Å². The third kappa shape index (κ3) is 3.86. The number of rotatable bonds is 4. The summed E-state index contributed by atoms with van der Waals surface area (Å²) >= 11 is 0. The number of allylic oxidation sites excluding steroid dienone is 3. The maximum atomic E-state index is 12.3. The normalized spacial score (nSPS) is 17.5. The Morgan fingerprint density at radius 3 is 2.81 bits per heavy atom. The summed E-state index contributed by atoms with van der Waals surface area (Å²) in [5.41, 5.74) is 3.38. The van der Waals surface area contributed by atoms with E-state index in [2.05, 4.69) is 59.2 Å². The molecule has 0 saturated carbocycles. The van der Waals surface area contributed by atoms with Gasteiger partial charge in [0.1, 0.15) is 0 Å². The average molecular weight is 415 g/mol. The summed E-state index contributed by atoms with van der Waals surface area (Å²) in [5, 5.41) is 10.7. The molecule has 2 N–H and O–H groups in total. The van der Waals surface area contributed by atoms with Gasteiger partial charge in [-0.2, -0.15) is 0 Å². The molecule has 1 heterocycles. The van der Waals surface area contributed by atoms with Crippen LogP contribution in [0, 0.1) is 0 Å². The SMILES string of the molecule is CN1CCN(CCNC(=O)NC2=CCc3c(ccc4c5c(ccc34)=CC=C5)=C2)C(=O)C1. The van der Waals surface area contributed by atoms with Crippen LogP contribution in [0.3, 0.4) is 0 Å². The number of nitrogens with zero attached hydrogens (tertiary/aromatic N) is 2. The summed E-state index contributed by atoms with van der Waals surface area (Å²) < 4.78 is 0. The number of urea groups is 1.